The third kappa shape index (κ3) is 3.48. The standard InChI is InChI=1S/C26H22N2O6/c1-32-20-14-12-18(13-15-20)27-24(29)21-22(16-8-10-17(11-9-16)26(31)33-2)28(34-23(21)25(27)30)19-6-4-3-5-7-19/h3-15,21-23H,1-2H3/t21-,22+,23-/m1/s1. The Balaban J connectivity index is 1.54. The predicted octanol–water partition coefficient (Wildman–Crippen LogP) is 3.53. The average Bonchev–Trinajstić information content (AvgIpc) is 3.40. The van der Waals surface area contributed by atoms with Crippen LogP contribution in [0.2, 0.25) is 0 Å². The van der Waals surface area contributed by atoms with Crippen LogP contribution < -0.4 is 14.7 Å². The summed E-state index contributed by atoms with van der Waals surface area (Å²) in [7, 11) is 2.87. The van der Waals surface area contributed by atoms with Crippen LogP contribution in [-0.2, 0) is 19.2 Å². The van der Waals surface area contributed by atoms with Crippen LogP contribution in [0.3, 0.4) is 0 Å². The molecule has 8 heteroatoms. The largest absolute Gasteiger partial charge is 0.497 e. The maximum absolute atomic E-state index is 13.6. The topological polar surface area (TPSA) is 85.4 Å². The Morgan fingerprint density at radius 3 is 2.12 bits per heavy atom. The third-order valence-corrected chi connectivity index (χ3v) is 6.13. The van der Waals surface area contributed by atoms with Gasteiger partial charge < -0.3 is 9.47 Å². The van der Waals surface area contributed by atoms with Crippen LogP contribution in [0.15, 0.2) is 78.9 Å². The zero-order valence-electron chi connectivity index (χ0n) is 18.6. The normalized spacial score (nSPS) is 21.5. The molecule has 0 N–H and O–H groups in total. The van der Waals surface area contributed by atoms with Crippen LogP contribution in [0.1, 0.15) is 22.0 Å². The first-order valence-corrected chi connectivity index (χ1v) is 10.7. The number of hydrogen-bond acceptors (Lipinski definition) is 7. The summed E-state index contributed by atoms with van der Waals surface area (Å²) < 4.78 is 9.96. The van der Waals surface area contributed by atoms with Crippen molar-refractivity contribution >= 4 is 29.2 Å². The van der Waals surface area contributed by atoms with Crippen LogP contribution in [-0.4, -0.2) is 38.1 Å². The van der Waals surface area contributed by atoms with Gasteiger partial charge in [-0.2, -0.15) is 0 Å². The molecule has 8 nitrogen and oxygen atoms in total. The lowest BCUT2D eigenvalue weighted by atomic mass is 9.90. The van der Waals surface area contributed by atoms with Crippen LogP contribution in [0.5, 0.6) is 5.75 Å². The molecule has 2 aliphatic rings. The van der Waals surface area contributed by atoms with E-state index in [4.69, 9.17) is 14.3 Å². The van der Waals surface area contributed by atoms with Crippen molar-refractivity contribution in [2.24, 2.45) is 5.92 Å². The number of rotatable bonds is 5. The van der Waals surface area contributed by atoms with Crippen LogP contribution in [0, 0.1) is 5.92 Å². The zero-order chi connectivity index (χ0) is 23.8. The van der Waals surface area contributed by atoms with Gasteiger partial charge in [-0.1, -0.05) is 30.3 Å². The first-order chi connectivity index (χ1) is 16.5. The zero-order valence-corrected chi connectivity index (χ0v) is 18.6. The smallest absolute Gasteiger partial charge is 0.337 e. The molecule has 0 saturated carbocycles. The second-order valence-corrected chi connectivity index (χ2v) is 7.98. The molecule has 0 aliphatic carbocycles. The summed E-state index contributed by atoms with van der Waals surface area (Å²) in [5, 5.41) is 1.61. The number of anilines is 2. The number of methoxy groups -OCH3 is 2. The summed E-state index contributed by atoms with van der Waals surface area (Å²) in [4.78, 5) is 46.2. The quantitative estimate of drug-likeness (QED) is 0.427. The van der Waals surface area contributed by atoms with E-state index in [0.717, 1.165) is 11.3 Å². The van der Waals surface area contributed by atoms with E-state index in [2.05, 4.69) is 0 Å². The number of fused-ring (bicyclic) bond motifs is 1. The molecule has 2 saturated heterocycles. The van der Waals surface area contributed by atoms with Crippen molar-refractivity contribution < 1.29 is 28.7 Å². The highest BCUT2D eigenvalue weighted by molar-refractivity contribution is 6.23. The van der Waals surface area contributed by atoms with Gasteiger partial charge in [0.1, 0.15) is 11.7 Å². The lowest BCUT2D eigenvalue weighted by molar-refractivity contribution is -0.126. The molecule has 0 radical (unpaired) electrons. The predicted molar refractivity (Wildman–Crippen MR) is 123 cm³/mol. The van der Waals surface area contributed by atoms with Gasteiger partial charge in [-0.25, -0.2) is 14.8 Å². The molecule has 3 aromatic carbocycles. The van der Waals surface area contributed by atoms with E-state index in [1.165, 1.54) is 12.0 Å². The fourth-order valence-corrected chi connectivity index (χ4v) is 4.47. The van der Waals surface area contributed by atoms with Crippen molar-refractivity contribution in [3.05, 3.63) is 90.0 Å². The maximum Gasteiger partial charge on any atom is 0.337 e. The lowest BCUT2D eigenvalue weighted by Crippen LogP contribution is -2.37. The Labute approximate surface area is 196 Å². The minimum absolute atomic E-state index is 0.347. The molecule has 0 spiro atoms. The van der Waals surface area contributed by atoms with Crippen LogP contribution in [0.25, 0.3) is 0 Å². The van der Waals surface area contributed by atoms with Crippen molar-refractivity contribution in [3.63, 3.8) is 0 Å². The van der Waals surface area contributed by atoms with Crippen LogP contribution in [0.4, 0.5) is 11.4 Å². The van der Waals surface area contributed by atoms with Gasteiger partial charge in [0.05, 0.1) is 37.2 Å². The van der Waals surface area contributed by atoms with E-state index in [1.54, 1.807) is 60.7 Å². The average molecular weight is 458 g/mol. The molecule has 2 heterocycles. The number of para-hydroxylation sites is 1. The number of carbonyl (C=O) groups is 3. The fraction of sp³-hybridized carbons (Fsp3) is 0.192. The number of benzene rings is 3. The summed E-state index contributed by atoms with van der Waals surface area (Å²) in [5.74, 6) is -1.36. The number of hydrogen-bond donors (Lipinski definition) is 0. The second kappa shape index (κ2) is 8.64. The summed E-state index contributed by atoms with van der Waals surface area (Å²) >= 11 is 0. The van der Waals surface area contributed by atoms with Crippen molar-refractivity contribution in [1.82, 2.24) is 0 Å². The number of nitrogens with zero attached hydrogens (tertiary/aromatic N) is 2. The number of amides is 2. The Bertz CT molecular complexity index is 1230. The minimum Gasteiger partial charge on any atom is -0.497 e. The molecule has 0 unspecified atom stereocenters. The first kappa shape index (κ1) is 21.7. The monoisotopic (exact) mass is 458 g/mol. The molecular formula is C26H22N2O6. The SMILES string of the molecule is COC(=O)c1ccc([C@H]2[C@H]3C(=O)N(c4ccc(OC)cc4)C(=O)[C@@H]3ON2c2ccccc2)cc1. The highest BCUT2D eigenvalue weighted by Gasteiger charge is 2.60. The van der Waals surface area contributed by atoms with Gasteiger partial charge >= 0.3 is 5.97 Å². The highest BCUT2D eigenvalue weighted by atomic mass is 16.7. The molecule has 3 aromatic rings. The van der Waals surface area contributed by atoms with Crippen molar-refractivity contribution in [2.45, 2.75) is 12.1 Å². The Kier molecular flexibility index (Phi) is 5.51. The Hall–Kier alpha value is -4.17. The first-order valence-electron chi connectivity index (χ1n) is 10.7. The number of carbonyl (C=O) groups excluding carboxylic acids is 3. The van der Waals surface area contributed by atoms with Crippen molar-refractivity contribution in [2.75, 3.05) is 24.2 Å². The fourth-order valence-electron chi connectivity index (χ4n) is 4.47. The van der Waals surface area contributed by atoms with E-state index in [0.29, 0.717) is 17.0 Å². The summed E-state index contributed by atoms with van der Waals surface area (Å²) in [5.41, 5.74) is 2.30. The molecule has 5 rings (SSSR count). The molecule has 0 aromatic heterocycles. The van der Waals surface area contributed by atoms with Gasteiger partial charge in [0.15, 0.2) is 6.10 Å². The molecule has 2 aliphatic heterocycles. The van der Waals surface area contributed by atoms with Gasteiger partial charge in [0.2, 0.25) is 5.91 Å². The Morgan fingerprint density at radius 2 is 1.50 bits per heavy atom. The lowest BCUT2D eigenvalue weighted by Gasteiger charge is -2.28. The summed E-state index contributed by atoms with van der Waals surface area (Å²) in [6.07, 6.45) is -0.972. The van der Waals surface area contributed by atoms with Crippen LogP contribution >= 0.6 is 0 Å². The number of hydroxylamine groups is 1. The van der Waals surface area contributed by atoms with Gasteiger partial charge in [-0.3, -0.25) is 14.4 Å². The maximum atomic E-state index is 13.6. The second-order valence-electron chi connectivity index (χ2n) is 7.98. The number of imide groups is 1. The molecule has 34 heavy (non-hydrogen) atoms. The molecule has 2 fully saturated rings. The summed E-state index contributed by atoms with van der Waals surface area (Å²) in [6, 6.07) is 22.3. The molecule has 0 bridgehead atoms. The molecule has 3 atom stereocenters. The van der Waals surface area contributed by atoms with E-state index in [9.17, 15) is 14.4 Å². The van der Waals surface area contributed by atoms with Gasteiger partial charge in [-0.15, -0.1) is 0 Å². The third-order valence-electron chi connectivity index (χ3n) is 6.13. The minimum atomic E-state index is -0.972. The number of ether oxygens (including phenoxy) is 2. The highest BCUT2D eigenvalue weighted by Crippen LogP contribution is 2.47. The Morgan fingerprint density at radius 1 is 0.824 bits per heavy atom. The van der Waals surface area contributed by atoms with E-state index in [-0.39, 0.29) is 5.91 Å². The van der Waals surface area contributed by atoms with Gasteiger partial charge in [0, 0.05) is 0 Å². The van der Waals surface area contributed by atoms with E-state index >= 15 is 0 Å². The van der Waals surface area contributed by atoms with Gasteiger partial charge in [-0.05, 0) is 54.1 Å². The van der Waals surface area contributed by atoms with Crippen molar-refractivity contribution in [1.29, 1.82) is 0 Å². The molecule has 172 valence electrons. The van der Waals surface area contributed by atoms with Gasteiger partial charge in [0.25, 0.3) is 5.91 Å². The van der Waals surface area contributed by atoms with E-state index < -0.39 is 29.9 Å². The van der Waals surface area contributed by atoms with E-state index in [1.807, 2.05) is 30.3 Å². The number of esters is 1. The molecular weight excluding hydrogens is 436 g/mol. The van der Waals surface area contributed by atoms with Crippen molar-refractivity contribution in [3.8, 4) is 5.75 Å². The molecule has 2 amide bonds. The summed E-state index contributed by atoms with van der Waals surface area (Å²) in [6.45, 7) is 0.